The van der Waals surface area contributed by atoms with Gasteiger partial charge in [-0.2, -0.15) is 0 Å². The van der Waals surface area contributed by atoms with Crippen molar-refractivity contribution in [2.45, 2.75) is 27.7 Å². The van der Waals surface area contributed by atoms with Crippen molar-refractivity contribution in [3.8, 4) is 0 Å². The minimum Gasteiger partial charge on any atom is -0.308 e. The van der Waals surface area contributed by atoms with Gasteiger partial charge in [-0.15, -0.1) is 0 Å². The SMILES string of the molecule is C/C=N/[Si](C(=O)c1ccc(C)cc1)(C(=O)c1ccc(C)cc1)C(=O)c1ccc(C)cc1. The highest BCUT2D eigenvalue weighted by Gasteiger charge is 2.57. The molecule has 0 saturated carbocycles. The lowest BCUT2D eigenvalue weighted by Crippen LogP contribution is -2.58. The monoisotopic (exact) mass is 427 g/mol. The average Bonchev–Trinajstić information content (AvgIpc) is 2.78. The van der Waals surface area contributed by atoms with E-state index in [1.807, 2.05) is 20.8 Å². The van der Waals surface area contributed by atoms with Gasteiger partial charge in [0.25, 0.3) is 0 Å². The Morgan fingerprint density at radius 3 is 1.06 bits per heavy atom. The van der Waals surface area contributed by atoms with Crippen LogP contribution in [-0.2, 0) is 0 Å². The zero-order valence-corrected chi connectivity index (χ0v) is 19.2. The number of hydrogen-bond donors (Lipinski definition) is 0. The maximum Gasteiger partial charge on any atom is 0.405 e. The molecule has 0 aromatic heterocycles. The summed E-state index contributed by atoms with van der Waals surface area (Å²) < 4.78 is 4.42. The molecule has 4 nitrogen and oxygen atoms in total. The first-order valence-corrected chi connectivity index (χ1v) is 12.1. The molecule has 156 valence electrons. The molecule has 0 N–H and O–H groups in total. The molecule has 3 aromatic carbocycles. The molecule has 0 amide bonds. The summed E-state index contributed by atoms with van der Waals surface area (Å²) >= 11 is 0. The molecule has 0 atom stereocenters. The lowest BCUT2D eigenvalue weighted by atomic mass is 10.2. The fourth-order valence-electron chi connectivity index (χ4n) is 3.42. The van der Waals surface area contributed by atoms with Crippen molar-refractivity contribution in [3.05, 3.63) is 106 Å². The molecule has 0 fully saturated rings. The Bertz CT molecular complexity index is 1010. The minimum atomic E-state index is -4.23. The molecule has 0 saturated heterocycles. The number of rotatable bonds is 7. The smallest absolute Gasteiger partial charge is 0.308 e. The van der Waals surface area contributed by atoms with Gasteiger partial charge in [0.1, 0.15) is 0 Å². The van der Waals surface area contributed by atoms with E-state index in [4.69, 9.17) is 0 Å². The van der Waals surface area contributed by atoms with E-state index in [0.29, 0.717) is 16.7 Å². The molecule has 31 heavy (non-hydrogen) atoms. The summed E-state index contributed by atoms with van der Waals surface area (Å²) in [5.41, 5.74) is 3.92. The van der Waals surface area contributed by atoms with Crippen molar-refractivity contribution in [2.75, 3.05) is 0 Å². The molecule has 0 unspecified atom stereocenters. The molecular weight excluding hydrogens is 402 g/mol. The highest BCUT2D eigenvalue weighted by atomic mass is 28.3. The summed E-state index contributed by atoms with van der Waals surface area (Å²) in [6.07, 6.45) is 1.41. The van der Waals surface area contributed by atoms with E-state index in [1.54, 1.807) is 79.7 Å². The molecule has 0 aliphatic heterocycles. The van der Waals surface area contributed by atoms with E-state index in [9.17, 15) is 14.4 Å². The average molecular weight is 428 g/mol. The third-order valence-corrected chi connectivity index (χ3v) is 8.73. The van der Waals surface area contributed by atoms with Crippen LogP contribution in [0.4, 0.5) is 0 Å². The Hall–Kier alpha value is -3.44. The number of hydrogen-bond acceptors (Lipinski definition) is 4. The van der Waals surface area contributed by atoms with Gasteiger partial charge >= 0.3 is 8.24 Å². The number of nitrogens with zero attached hydrogens (tertiary/aromatic N) is 1. The summed E-state index contributed by atoms with van der Waals surface area (Å²) in [4.78, 5) is 41.5. The molecule has 0 spiro atoms. The number of aryl methyl sites for hydroxylation is 3. The number of carbonyl (C=O) groups is 3. The first kappa shape index (κ1) is 22.2. The van der Waals surface area contributed by atoms with E-state index in [0.717, 1.165) is 16.7 Å². The van der Waals surface area contributed by atoms with Crippen molar-refractivity contribution in [2.24, 2.45) is 4.66 Å². The van der Waals surface area contributed by atoms with Crippen LogP contribution in [0.5, 0.6) is 0 Å². The van der Waals surface area contributed by atoms with Gasteiger partial charge in [-0.3, -0.25) is 14.4 Å². The third kappa shape index (κ3) is 4.37. The zero-order valence-electron chi connectivity index (χ0n) is 18.2. The maximum absolute atomic E-state index is 13.8. The van der Waals surface area contributed by atoms with Crippen LogP contribution in [-0.4, -0.2) is 30.7 Å². The molecule has 3 aromatic rings. The Morgan fingerprint density at radius 2 is 0.839 bits per heavy atom. The van der Waals surface area contributed by atoms with Crippen LogP contribution < -0.4 is 0 Å². The van der Waals surface area contributed by atoms with Crippen LogP contribution in [0.25, 0.3) is 0 Å². The molecular formula is C26H25NO3Si. The fourth-order valence-corrected chi connectivity index (χ4v) is 6.53. The van der Waals surface area contributed by atoms with E-state index >= 15 is 0 Å². The van der Waals surface area contributed by atoms with Crippen LogP contribution in [0, 0.1) is 20.8 Å². The maximum atomic E-state index is 13.8. The van der Waals surface area contributed by atoms with Gasteiger partial charge < -0.3 is 4.66 Å². The minimum absolute atomic E-state index is 0.323. The Morgan fingerprint density at radius 1 is 0.581 bits per heavy atom. The lowest BCUT2D eigenvalue weighted by molar-refractivity contribution is 0.0980. The topological polar surface area (TPSA) is 63.6 Å². The normalized spacial score (nSPS) is 11.5. The van der Waals surface area contributed by atoms with Crippen molar-refractivity contribution in [3.63, 3.8) is 0 Å². The summed E-state index contributed by atoms with van der Waals surface area (Å²) in [5, 5.41) is -1.50. The van der Waals surface area contributed by atoms with Crippen molar-refractivity contribution in [1.29, 1.82) is 0 Å². The second kappa shape index (κ2) is 9.14. The summed E-state index contributed by atoms with van der Waals surface area (Å²) in [6, 6.07) is 20.8. The van der Waals surface area contributed by atoms with Crippen molar-refractivity contribution < 1.29 is 14.4 Å². The molecule has 0 heterocycles. The number of benzene rings is 3. The van der Waals surface area contributed by atoms with Crippen LogP contribution in [0.3, 0.4) is 0 Å². The molecule has 3 rings (SSSR count). The Labute approximate surface area is 183 Å². The van der Waals surface area contributed by atoms with Gasteiger partial charge in [0, 0.05) is 16.7 Å². The van der Waals surface area contributed by atoms with E-state index in [-0.39, 0.29) is 0 Å². The molecule has 0 aliphatic rings. The van der Waals surface area contributed by atoms with Gasteiger partial charge in [0.05, 0.1) is 0 Å². The summed E-state index contributed by atoms with van der Waals surface area (Å²) in [5.74, 6) is 0. The second-order valence-electron chi connectivity index (χ2n) is 7.68. The largest absolute Gasteiger partial charge is 0.405 e. The highest BCUT2D eigenvalue weighted by Crippen LogP contribution is 2.25. The third-order valence-electron chi connectivity index (χ3n) is 5.25. The first-order valence-electron chi connectivity index (χ1n) is 10.1. The van der Waals surface area contributed by atoms with Crippen LogP contribution in [0.1, 0.15) is 54.7 Å². The Kier molecular flexibility index (Phi) is 6.56. The van der Waals surface area contributed by atoms with Gasteiger partial charge in [-0.05, 0) is 33.9 Å². The predicted octanol–water partition coefficient (Wildman–Crippen LogP) is 5.21. The summed E-state index contributed by atoms with van der Waals surface area (Å²) in [7, 11) is -4.23. The van der Waals surface area contributed by atoms with Gasteiger partial charge in [-0.25, -0.2) is 0 Å². The van der Waals surface area contributed by atoms with E-state index in [2.05, 4.69) is 4.66 Å². The quantitative estimate of drug-likeness (QED) is 0.384. The highest BCUT2D eigenvalue weighted by molar-refractivity contribution is 7.42. The summed E-state index contributed by atoms with van der Waals surface area (Å²) in [6.45, 7) is 7.38. The van der Waals surface area contributed by atoms with Crippen molar-refractivity contribution >= 4 is 30.7 Å². The van der Waals surface area contributed by atoms with Crippen LogP contribution >= 0.6 is 0 Å². The fraction of sp³-hybridized carbons (Fsp3) is 0.154. The van der Waals surface area contributed by atoms with E-state index < -0.39 is 24.5 Å². The Balaban J connectivity index is 2.25. The van der Waals surface area contributed by atoms with Gasteiger partial charge in [-0.1, -0.05) is 89.5 Å². The predicted molar refractivity (Wildman–Crippen MR) is 126 cm³/mol. The first-order chi connectivity index (χ1) is 14.8. The van der Waals surface area contributed by atoms with Gasteiger partial charge in [0.2, 0.25) is 0 Å². The number of carbonyl (C=O) groups excluding carboxylic acids is 3. The molecule has 0 bridgehead atoms. The van der Waals surface area contributed by atoms with Crippen LogP contribution in [0.15, 0.2) is 77.5 Å². The van der Waals surface area contributed by atoms with E-state index in [1.165, 1.54) is 6.21 Å². The van der Waals surface area contributed by atoms with Crippen LogP contribution in [0.2, 0.25) is 0 Å². The lowest BCUT2D eigenvalue weighted by Gasteiger charge is -2.23. The standard InChI is InChI=1S/C26H25NO3Si/c1-5-27-31(24(28)21-12-6-18(2)7-13-21,25(29)22-14-8-19(3)9-15-22)26(30)23-16-10-20(4)11-17-23/h5-17H,1-4H3/b27-5+. The zero-order chi connectivity index (χ0) is 22.6. The second-order valence-corrected chi connectivity index (χ2v) is 10.7. The molecule has 0 radical (unpaired) electrons. The molecule has 5 heteroatoms. The molecule has 0 aliphatic carbocycles. The van der Waals surface area contributed by atoms with Gasteiger partial charge in [0.15, 0.2) is 16.2 Å². The van der Waals surface area contributed by atoms with Crippen molar-refractivity contribution in [1.82, 2.24) is 0 Å².